The molecule has 7 heteroatoms. The van der Waals surface area contributed by atoms with Crippen LogP contribution in [-0.4, -0.2) is 15.9 Å². The number of aromatic amines is 1. The minimum absolute atomic E-state index is 0.124. The second kappa shape index (κ2) is 4.85. The van der Waals surface area contributed by atoms with Gasteiger partial charge >= 0.3 is 0 Å². The van der Waals surface area contributed by atoms with Crippen molar-refractivity contribution in [3.05, 3.63) is 46.0 Å². The van der Waals surface area contributed by atoms with E-state index in [9.17, 15) is 13.6 Å². The summed E-state index contributed by atoms with van der Waals surface area (Å²) in [4.78, 5) is 17.7. The molecular formula is C11H8BrF2N3O. The molecule has 0 saturated carbocycles. The molecule has 2 rings (SSSR count). The molecule has 0 fully saturated rings. The molecule has 0 aromatic carbocycles. The lowest BCUT2D eigenvalue weighted by Crippen LogP contribution is -2.15. The molecule has 0 atom stereocenters. The van der Waals surface area contributed by atoms with Crippen LogP contribution in [0.15, 0.2) is 22.8 Å². The van der Waals surface area contributed by atoms with Gasteiger partial charge in [-0.1, -0.05) is 0 Å². The molecule has 0 radical (unpaired) electrons. The summed E-state index contributed by atoms with van der Waals surface area (Å²) in [6.45, 7) is 1.61. The van der Waals surface area contributed by atoms with Gasteiger partial charge in [0.25, 0.3) is 5.91 Å². The first-order valence-corrected chi connectivity index (χ1v) is 5.74. The van der Waals surface area contributed by atoms with Crippen molar-refractivity contribution in [2.45, 2.75) is 6.92 Å². The van der Waals surface area contributed by atoms with Crippen LogP contribution < -0.4 is 5.32 Å². The van der Waals surface area contributed by atoms with Crippen molar-refractivity contribution in [1.82, 2.24) is 9.97 Å². The van der Waals surface area contributed by atoms with Gasteiger partial charge in [0.1, 0.15) is 5.69 Å². The minimum Gasteiger partial charge on any atom is -0.352 e. The molecule has 2 aromatic heterocycles. The van der Waals surface area contributed by atoms with Crippen LogP contribution in [0.2, 0.25) is 0 Å². The van der Waals surface area contributed by atoms with Crippen LogP contribution in [-0.2, 0) is 0 Å². The molecule has 18 heavy (non-hydrogen) atoms. The van der Waals surface area contributed by atoms with E-state index in [1.807, 2.05) is 0 Å². The number of aryl methyl sites for hydroxylation is 1. The number of nitrogens with zero attached hydrogens (tertiary/aromatic N) is 1. The predicted molar refractivity (Wildman–Crippen MR) is 65.3 cm³/mol. The Hall–Kier alpha value is -1.76. The van der Waals surface area contributed by atoms with Crippen molar-refractivity contribution >= 4 is 27.5 Å². The molecule has 0 aliphatic rings. The third-order valence-corrected chi connectivity index (χ3v) is 2.62. The average Bonchev–Trinajstić information content (AvgIpc) is 2.63. The van der Waals surface area contributed by atoms with Crippen LogP contribution in [0, 0.1) is 18.7 Å². The van der Waals surface area contributed by atoms with Gasteiger partial charge in [-0.25, -0.2) is 9.37 Å². The molecule has 0 aliphatic heterocycles. The van der Waals surface area contributed by atoms with Gasteiger partial charge in [0.05, 0.1) is 5.69 Å². The van der Waals surface area contributed by atoms with Gasteiger partial charge in [-0.15, -0.1) is 0 Å². The number of halogens is 3. The predicted octanol–water partition coefficient (Wildman–Crippen LogP) is 3.01. The quantitative estimate of drug-likeness (QED) is 0.837. The zero-order valence-electron chi connectivity index (χ0n) is 9.22. The summed E-state index contributed by atoms with van der Waals surface area (Å²) in [6.07, 6.45) is 1.25. The number of aromatic nitrogens is 2. The maximum absolute atomic E-state index is 13.3. The second-order valence-corrected chi connectivity index (χ2v) is 4.54. The van der Waals surface area contributed by atoms with Crippen molar-refractivity contribution < 1.29 is 13.6 Å². The molecule has 94 valence electrons. The van der Waals surface area contributed by atoms with E-state index in [-0.39, 0.29) is 11.4 Å². The summed E-state index contributed by atoms with van der Waals surface area (Å²) in [7, 11) is 0. The van der Waals surface area contributed by atoms with Gasteiger partial charge in [0, 0.05) is 16.4 Å². The molecular weight excluding hydrogens is 308 g/mol. The van der Waals surface area contributed by atoms with Crippen LogP contribution in [0.5, 0.6) is 0 Å². The van der Waals surface area contributed by atoms with Crippen LogP contribution in [0.25, 0.3) is 0 Å². The van der Waals surface area contributed by atoms with Crippen molar-refractivity contribution in [3.8, 4) is 0 Å². The van der Waals surface area contributed by atoms with Gasteiger partial charge in [0.2, 0.25) is 5.95 Å². The third kappa shape index (κ3) is 2.56. The molecule has 2 aromatic rings. The van der Waals surface area contributed by atoms with Crippen LogP contribution in [0.1, 0.15) is 16.2 Å². The Morgan fingerprint density at radius 2 is 2.17 bits per heavy atom. The SMILES string of the molecule is Cc1cc(F)c(C(=O)Nc2cc(Br)cnc2F)[nH]1. The van der Waals surface area contributed by atoms with Gasteiger partial charge in [-0.05, 0) is 35.0 Å². The largest absolute Gasteiger partial charge is 0.352 e. The van der Waals surface area contributed by atoms with E-state index in [1.165, 1.54) is 18.3 Å². The number of nitrogens with one attached hydrogen (secondary N) is 2. The fourth-order valence-electron chi connectivity index (χ4n) is 1.42. The van der Waals surface area contributed by atoms with Crippen molar-refractivity contribution in [3.63, 3.8) is 0 Å². The summed E-state index contributed by atoms with van der Waals surface area (Å²) < 4.78 is 27.1. The van der Waals surface area contributed by atoms with E-state index in [0.29, 0.717) is 10.2 Å². The number of carbonyl (C=O) groups is 1. The number of H-pyrrole nitrogens is 1. The Balaban J connectivity index is 2.26. The first kappa shape index (κ1) is 12.7. The number of hydrogen-bond acceptors (Lipinski definition) is 2. The molecule has 0 aliphatic carbocycles. The zero-order valence-corrected chi connectivity index (χ0v) is 10.8. The molecule has 0 spiro atoms. The van der Waals surface area contributed by atoms with Crippen LogP contribution >= 0.6 is 15.9 Å². The second-order valence-electron chi connectivity index (χ2n) is 3.62. The van der Waals surface area contributed by atoms with Crippen molar-refractivity contribution in [2.75, 3.05) is 5.32 Å². The molecule has 0 bridgehead atoms. The number of carbonyl (C=O) groups excluding carboxylic acids is 1. The van der Waals surface area contributed by atoms with Gasteiger partial charge in [-0.2, -0.15) is 4.39 Å². The maximum Gasteiger partial charge on any atom is 0.275 e. The van der Waals surface area contributed by atoms with Crippen molar-refractivity contribution in [2.24, 2.45) is 0 Å². The van der Waals surface area contributed by atoms with E-state index in [2.05, 4.69) is 31.2 Å². The highest BCUT2D eigenvalue weighted by atomic mass is 79.9. The lowest BCUT2D eigenvalue weighted by atomic mass is 10.3. The maximum atomic E-state index is 13.3. The lowest BCUT2D eigenvalue weighted by molar-refractivity contribution is 0.101. The van der Waals surface area contributed by atoms with Gasteiger partial charge < -0.3 is 10.3 Å². The summed E-state index contributed by atoms with van der Waals surface area (Å²) in [5.74, 6) is -2.29. The average molecular weight is 316 g/mol. The van der Waals surface area contributed by atoms with E-state index >= 15 is 0 Å². The number of pyridine rings is 1. The number of amides is 1. The molecule has 1 amide bonds. The molecule has 0 saturated heterocycles. The van der Waals surface area contributed by atoms with Crippen LogP contribution in [0.3, 0.4) is 0 Å². The first-order chi connectivity index (χ1) is 8.47. The lowest BCUT2D eigenvalue weighted by Gasteiger charge is -2.05. The Morgan fingerprint density at radius 1 is 1.44 bits per heavy atom. The van der Waals surface area contributed by atoms with Gasteiger partial charge in [0.15, 0.2) is 5.82 Å². The summed E-state index contributed by atoms with van der Waals surface area (Å²) >= 11 is 3.10. The highest BCUT2D eigenvalue weighted by Crippen LogP contribution is 2.19. The normalized spacial score (nSPS) is 10.4. The smallest absolute Gasteiger partial charge is 0.275 e. The van der Waals surface area contributed by atoms with Gasteiger partial charge in [-0.3, -0.25) is 4.79 Å². The standard InChI is InChI=1S/C11H8BrF2N3O/c1-5-2-7(13)9(16-5)11(18)17-8-3-6(12)4-15-10(8)14/h2-4,16H,1H3,(H,17,18). The third-order valence-electron chi connectivity index (χ3n) is 2.19. The summed E-state index contributed by atoms with van der Waals surface area (Å²) in [5, 5.41) is 2.24. The van der Waals surface area contributed by atoms with Crippen LogP contribution in [0.4, 0.5) is 14.5 Å². The van der Waals surface area contributed by atoms with E-state index in [0.717, 1.165) is 0 Å². The van der Waals surface area contributed by atoms with E-state index in [4.69, 9.17) is 0 Å². The molecule has 0 unspecified atom stereocenters. The topological polar surface area (TPSA) is 57.8 Å². The monoisotopic (exact) mass is 315 g/mol. The highest BCUT2D eigenvalue weighted by Gasteiger charge is 2.16. The summed E-state index contributed by atoms with van der Waals surface area (Å²) in [5.41, 5.74) is 0.137. The fourth-order valence-corrected chi connectivity index (χ4v) is 1.75. The van der Waals surface area contributed by atoms with E-state index in [1.54, 1.807) is 6.92 Å². The highest BCUT2D eigenvalue weighted by molar-refractivity contribution is 9.10. The molecule has 2 heterocycles. The summed E-state index contributed by atoms with van der Waals surface area (Å²) in [6, 6.07) is 2.53. The number of anilines is 1. The Kier molecular flexibility index (Phi) is 3.42. The first-order valence-electron chi connectivity index (χ1n) is 4.95. The molecule has 4 nitrogen and oxygen atoms in total. The zero-order chi connectivity index (χ0) is 13.3. The van der Waals surface area contributed by atoms with Crippen molar-refractivity contribution in [1.29, 1.82) is 0 Å². The Bertz CT molecular complexity index is 612. The van der Waals surface area contributed by atoms with E-state index < -0.39 is 17.7 Å². The minimum atomic E-state index is -0.838. The molecule has 2 N–H and O–H groups in total. The number of rotatable bonds is 2. The Morgan fingerprint density at radius 3 is 2.78 bits per heavy atom. The Labute approximate surface area is 110 Å². The number of hydrogen-bond donors (Lipinski definition) is 2. The fraction of sp³-hybridized carbons (Fsp3) is 0.0909.